The fourth-order valence-electron chi connectivity index (χ4n) is 4.05. The number of amides is 1. The molecule has 0 aliphatic rings. The summed E-state index contributed by atoms with van der Waals surface area (Å²) in [6, 6.07) is 22.4. The van der Waals surface area contributed by atoms with Crippen LogP contribution in [0.1, 0.15) is 39.0 Å². The topological polar surface area (TPSA) is 92.9 Å². The molecule has 0 saturated heterocycles. The molecule has 0 aliphatic heterocycles. The van der Waals surface area contributed by atoms with E-state index >= 15 is 0 Å². The largest absolute Gasteiger partial charge is 0.383 e. The first-order chi connectivity index (χ1) is 16.5. The van der Waals surface area contributed by atoms with E-state index in [1.54, 1.807) is 10.7 Å². The molecule has 1 amide bonds. The Kier molecular flexibility index (Phi) is 7.40. The van der Waals surface area contributed by atoms with Gasteiger partial charge in [0.1, 0.15) is 6.10 Å². The van der Waals surface area contributed by atoms with Gasteiger partial charge in [-0.05, 0) is 65.8 Å². The molecule has 4 aromatic rings. The van der Waals surface area contributed by atoms with E-state index in [0.717, 1.165) is 27.3 Å². The van der Waals surface area contributed by atoms with Crippen LogP contribution in [0.3, 0.4) is 0 Å². The number of hydrogen-bond acceptors (Lipinski definition) is 6. The fraction of sp³-hybridized carbons (Fsp3) is 0.231. The molecule has 2 N–H and O–H groups in total. The number of aliphatic hydroxyl groups is 1. The van der Waals surface area contributed by atoms with Gasteiger partial charge in [-0.15, -0.1) is 16.9 Å². The SMILES string of the molecule is CSc1ccccc1C(=O)N[C@@H](Cc1ccccc1)C(O)c1nnnn1-c1c(C)cccc1C. The van der Waals surface area contributed by atoms with Gasteiger partial charge >= 0.3 is 0 Å². The van der Waals surface area contributed by atoms with Crippen LogP contribution < -0.4 is 5.32 Å². The Hall–Kier alpha value is -3.49. The summed E-state index contributed by atoms with van der Waals surface area (Å²) in [5.41, 5.74) is 4.33. The highest BCUT2D eigenvalue weighted by Crippen LogP contribution is 2.25. The number of rotatable bonds is 8. The summed E-state index contributed by atoms with van der Waals surface area (Å²) >= 11 is 1.50. The third kappa shape index (κ3) is 5.03. The zero-order valence-electron chi connectivity index (χ0n) is 19.3. The maximum Gasteiger partial charge on any atom is 0.252 e. The molecule has 0 spiro atoms. The van der Waals surface area contributed by atoms with E-state index in [9.17, 15) is 9.90 Å². The molecule has 8 heteroatoms. The number of nitrogens with one attached hydrogen (secondary N) is 1. The molecule has 0 saturated carbocycles. The molecule has 7 nitrogen and oxygen atoms in total. The molecule has 1 unspecified atom stereocenters. The van der Waals surface area contributed by atoms with Crippen LogP contribution in [0.15, 0.2) is 77.7 Å². The number of aryl methyl sites for hydroxylation is 2. The Balaban J connectivity index is 1.70. The van der Waals surface area contributed by atoms with Gasteiger partial charge in [-0.1, -0.05) is 60.7 Å². The monoisotopic (exact) mass is 473 g/mol. The Bertz CT molecular complexity index is 1250. The fourth-order valence-corrected chi connectivity index (χ4v) is 4.64. The standard InChI is InChI=1S/C26H27N5O2S/c1-17-10-9-11-18(2)23(17)31-25(28-29-30-31)24(32)21(16-19-12-5-4-6-13-19)27-26(33)20-14-7-8-15-22(20)34-3/h4-15,21,24,32H,16H2,1-3H3,(H,27,33)/t21-,24?/m0/s1. The molecule has 34 heavy (non-hydrogen) atoms. The lowest BCUT2D eigenvalue weighted by Gasteiger charge is -2.25. The predicted molar refractivity (Wildman–Crippen MR) is 133 cm³/mol. The van der Waals surface area contributed by atoms with E-state index in [-0.39, 0.29) is 11.7 Å². The quantitative estimate of drug-likeness (QED) is 0.375. The molecular weight excluding hydrogens is 446 g/mol. The summed E-state index contributed by atoms with van der Waals surface area (Å²) in [7, 11) is 0. The molecule has 0 aliphatic carbocycles. The number of carbonyl (C=O) groups excluding carboxylic acids is 1. The highest BCUT2D eigenvalue weighted by atomic mass is 32.2. The average Bonchev–Trinajstić information content (AvgIpc) is 3.33. The maximum atomic E-state index is 13.3. The minimum atomic E-state index is -1.14. The number of carbonyl (C=O) groups is 1. The van der Waals surface area contributed by atoms with E-state index in [4.69, 9.17) is 0 Å². The van der Waals surface area contributed by atoms with Gasteiger partial charge in [0.2, 0.25) is 0 Å². The molecule has 1 heterocycles. The lowest BCUT2D eigenvalue weighted by atomic mass is 9.99. The van der Waals surface area contributed by atoms with Gasteiger partial charge in [-0.25, -0.2) is 0 Å². The number of aromatic nitrogens is 4. The van der Waals surface area contributed by atoms with Crippen molar-refractivity contribution in [2.45, 2.75) is 37.3 Å². The third-order valence-corrected chi connectivity index (χ3v) is 6.55. The van der Waals surface area contributed by atoms with E-state index in [1.807, 2.05) is 86.8 Å². The van der Waals surface area contributed by atoms with Crippen LogP contribution in [-0.4, -0.2) is 43.5 Å². The van der Waals surface area contributed by atoms with E-state index in [1.165, 1.54) is 11.8 Å². The van der Waals surface area contributed by atoms with Crippen LogP contribution in [-0.2, 0) is 6.42 Å². The normalized spacial score (nSPS) is 12.8. The van der Waals surface area contributed by atoms with Crippen molar-refractivity contribution in [1.29, 1.82) is 0 Å². The molecule has 0 fully saturated rings. The second kappa shape index (κ2) is 10.6. The zero-order valence-corrected chi connectivity index (χ0v) is 20.2. The van der Waals surface area contributed by atoms with E-state index < -0.39 is 12.1 Å². The van der Waals surface area contributed by atoms with Crippen molar-refractivity contribution in [1.82, 2.24) is 25.5 Å². The van der Waals surface area contributed by atoms with Gasteiger partial charge < -0.3 is 10.4 Å². The van der Waals surface area contributed by atoms with Gasteiger partial charge in [0, 0.05) is 4.90 Å². The number of para-hydroxylation sites is 1. The van der Waals surface area contributed by atoms with Gasteiger partial charge in [-0.3, -0.25) is 4.79 Å². The second-order valence-electron chi connectivity index (χ2n) is 8.10. The van der Waals surface area contributed by atoms with E-state index in [2.05, 4.69) is 20.8 Å². The van der Waals surface area contributed by atoms with Gasteiger partial charge in [-0.2, -0.15) is 4.68 Å². The lowest BCUT2D eigenvalue weighted by molar-refractivity contribution is 0.0807. The summed E-state index contributed by atoms with van der Waals surface area (Å²) < 4.78 is 1.56. The van der Waals surface area contributed by atoms with Crippen LogP contribution in [0.4, 0.5) is 0 Å². The molecule has 0 radical (unpaired) electrons. The van der Waals surface area contributed by atoms with E-state index in [0.29, 0.717) is 12.0 Å². The highest BCUT2D eigenvalue weighted by Gasteiger charge is 2.30. The number of nitrogens with zero attached hydrogens (tertiary/aromatic N) is 4. The highest BCUT2D eigenvalue weighted by molar-refractivity contribution is 7.98. The summed E-state index contributed by atoms with van der Waals surface area (Å²) in [5.74, 6) is 0.0211. The first kappa shape index (κ1) is 23.7. The van der Waals surface area contributed by atoms with Crippen molar-refractivity contribution in [3.8, 4) is 5.69 Å². The Morgan fingerprint density at radius 2 is 1.68 bits per heavy atom. The Morgan fingerprint density at radius 1 is 1.00 bits per heavy atom. The van der Waals surface area contributed by atoms with Crippen LogP contribution in [0, 0.1) is 13.8 Å². The molecular formula is C26H27N5O2S. The maximum absolute atomic E-state index is 13.3. The number of tetrazole rings is 1. The minimum absolute atomic E-state index is 0.254. The van der Waals surface area contributed by atoms with Crippen molar-refractivity contribution in [3.63, 3.8) is 0 Å². The van der Waals surface area contributed by atoms with Crippen molar-refractivity contribution in [2.24, 2.45) is 0 Å². The first-order valence-electron chi connectivity index (χ1n) is 11.0. The van der Waals surface area contributed by atoms with Crippen molar-refractivity contribution < 1.29 is 9.90 Å². The number of aliphatic hydroxyl groups excluding tert-OH is 1. The number of hydrogen-bond donors (Lipinski definition) is 2. The molecule has 2 atom stereocenters. The van der Waals surface area contributed by atoms with Crippen molar-refractivity contribution in [2.75, 3.05) is 6.26 Å². The van der Waals surface area contributed by atoms with Gasteiger partial charge in [0.15, 0.2) is 5.82 Å². The van der Waals surface area contributed by atoms with Crippen molar-refractivity contribution >= 4 is 17.7 Å². The summed E-state index contributed by atoms with van der Waals surface area (Å²) in [6.45, 7) is 3.95. The molecule has 1 aromatic heterocycles. The molecule has 174 valence electrons. The molecule has 3 aromatic carbocycles. The van der Waals surface area contributed by atoms with Gasteiger partial charge in [0.25, 0.3) is 5.91 Å². The van der Waals surface area contributed by atoms with Gasteiger partial charge in [0.05, 0.1) is 17.3 Å². The molecule has 0 bridgehead atoms. The van der Waals surface area contributed by atoms with Crippen LogP contribution >= 0.6 is 11.8 Å². The average molecular weight is 474 g/mol. The smallest absolute Gasteiger partial charge is 0.252 e. The summed E-state index contributed by atoms with van der Waals surface area (Å²) in [5, 5.41) is 26.7. The zero-order chi connectivity index (χ0) is 24.1. The first-order valence-corrected chi connectivity index (χ1v) is 12.2. The second-order valence-corrected chi connectivity index (χ2v) is 8.95. The minimum Gasteiger partial charge on any atom is -0.383 e. The summed E-state index contributed by atoms with van der Waals surface area (Å²) in [6.07, 6.45) is 1.20. The number of benzene rings is 3. The van der Waals surface area contributed by atoms with Crippen molar-refractivity contribution in [3.05, 3.63) is 101 Å². The third-order valence-electron chi connectivity index (χ3n) is 5.76. The lowest BCUT2D eigenvalue weighted by Crippen LogP contribution is -2.42. The number of thioether (sulfide) groups is 1. The molecule has 4 rings (SSSR count). The van der Waals surface area contributed by atoms with Crippen LogP contribution in [0.2, 0.25) is 0 Å². The van der Waals surface area contributed by atoms with Crippen LogP contribution in [0.5, 0.6) is 0 Å². The summed E-state index contributed by atoms with van der Waals surface area (Å²) in [4.78, 5) is 14.1. The Labute approximate surface area is 203 Å². The Morgan fingerprint density at radius 3 is 2.38 bits per heavy atom. The van der Waals surface area contributed by atoms with Crippen LogP contribution in [0.25, 0.3) is 5.69 Å². The predicted octanol–water partition coefficient (Wildman–Crippen LogP) is 4.08.